The number of hydrogen-bond acceptors (Lipinski definition) is 7. The topological polar surface area (TPSA) is 89.0 Å². The zero-order valence-corrected chi connectivity index (χ0v) is 16.8. The summed E-state index contributed by atoms with van der Waals surface area (Å²) in [5.41, 5.74) is 0.676. The van der Waals surface area contributed by atoms with Gasteiger partial charge in [-0.3, -0.25) is 9.54 Å². The molecule has 3 heterocycles. The molecule has 0 radical (unpaired) electrons. The maximum absolute atomic E-state index is 11.2. The monoisotopic (exact) mass is 420 g/mol. The van der Waals surface area contributed by atoms with Crippen LogP contribution in [0.15, 0.2) is 70.5 Å². The minimum absolute atomic E-state index is 0.127. The Kier molecular flexibility index (Phi) is 6.50. The van der Waals surface area contributed by atoms with Gasteiger partial charge in [0.25, 0.3) is 10.1 Å². The molecule has 1 aliphatic rings. The second-order valence-corrected chi connectivity index (χ2v) is 8.19. The van der Waals surface area contributed by atoms with E-state index in [4.69, 9.17) is 14.0 Å². The number of likely N-dealkylation sites (N-methyl/N-ethyl adjacent to an activating group) is 1. The average Bonchev–Trinajstić information content (AvgIpc) is 3.17. The molecule has 1 aromatic carbocycles. The molecule has 2 aromatic heterocycles. The van der Waals surface area contributed by atoms with Crippen LogP contribution in [-0.2, 0) is 10.1 Å². The fourth-order valence-electron chi connectivity index (χ4n) is 2.56. The first-order valence-corrected chi connectivity index (χ1v) is 10.8. The highest BCUT2D eigenvalue weighted by molar-refractivity contribution is 7.85. The van der Waals surface area contributed by atoms with Crippen molar-refractivity contribution in [2.24, 2.45) is 0 Å². The molecule has 9 heteroatoms. The number of pyridine rings is 1. The van der Waals surface area contributed by atoms with E-state index in [1.165, 1.54) is 23.5 Å². The van der Waals surface area contributed by atoms with Crippen LogP contribution in [-0.4, -0.2) is 44.3 Å². The summed E-state index contributed by atoms with van der Waals surface area (Å²) in [6.45, 7) is 0.969. The third kappa shape index (κ3) is 5.44. The van der Waals surface area contributed by atoms with Crippen LogP contribution in [0, 0.1) is 0 Å². The Labute approximate surface area is 167 Å². The van der Waals surface area contributed by atoms with Crippen LogP contribution in [0.4, 0.5) is 5.69 Å². The first-order chi connectivity index (χ1) is 13.4. The molecular formula is C19H20N2O5S2. The molecule has 1 aliphatic heterocycles. The van der Waals surface area contributed by atoms with Gasteiger partial charge >= 0.3 is 0 Å². The minimum atomic E-state index is -4.21. The number of thiophene rings is 1. The van der Waals surface area contributed by atoms with Gasteiger partial charge in [-0.1, -0.05) is 12.1 Å². The molecule has 148 valence electrons. The molecule has 1 atom stereocenters. The summed E-state index contributed by atoms with van der Waals surface area (Å²) in [7, 11) is -2.38. The highest BCUT2D eigenvalue weighted by Gasteiger charge is 2.23. The quantitative estimate of drug-likeness (QED) is 0.648. The van der Waals surface area contributed by atoms with Crippen molar-refractivity contribution < 1.29 is 22.4 Å². The van der Waals surface area contributed by atoms with Crippen LogP contribution in [0.2, 0.25) is 0 Å². The van der Waals surface area contributed by atoms with Crippen LogP contribution >= 0.6 is 11.3 Å². The SMILES string of the molecule is CN(CC1COc2cscc2O1)c1cccc(S(=O)(=O)O)c1.c1ccncc1. The molecule has 1 N–H and O–H groups in total. The van der Waals surface area contributed by atoms with E-state index in [2.05, 4.69) is 4.98 Å². The van der Waals surface area contributed by atoms with Crippen LogP contribution in [0.5, 0.6) is 11.5 Å². The van der Waals surface area contributed by atoms with Gasteiger partial charge in [-0.25, -0.2) is 0 Å². The molecule has 0 saturated heterocycles. The van der Waals surface area contributed by atoms with Gasteiger partial charge in [0.1, 0.15) is 6.61 Å². The zero-order valence-electron chi connectivity index (χ0n) is 15.1. The van der Waals surface area contributed by atoms with Gasteiger partial charge in [0.05, 0.1) is 11.4 Å². The molecule has 0 aliphatic carbocycles. The van der Waals surface area contributed by atoms with E-state index in [1.54, 1.807) is 24.5 Å². The minimum Gasteiger partial charge on any atom is -0.485 e. The Balaban J connectivity index is 0.000000320. The van der Waals surface area contributed by atoms with Crippen molar-refractivity contribution in [1.29, 1.82) is 0 Å². The van der Waals surface area contributed by atoms with Crippen molar-refractivity contribution in [2.75, 3.05) is 25.1 Å². The number of rotatable bonds is 4. The van der Waals surface area contributed by atoms with Crippen LogP contribution in [0.25, 0.3) is 0 Å². The molecule has 4 rings (SSSR count). The normalized spacial score (nSPS) is 15.3. The molecule has 0 fully saturated rings. The fraction of sp³-hybridized carbons (Fsp3) is 0.211. The van der Waals surface area contributed by atoms with Gasteiger partial charge < -0.3 is 14.4 Å². The molecule has 3 aromatic rings. The average molecular weight is 421 g/mol. The van der Waals surface area contributed by atoms with Crippen LogP contribution in [0.3, 0.4) is 0 Å². The number of ether oxygens (including phenoxy) is 2. The smallest absolute Gasteiger partial charge is 0.294 e. The number of anilines is 1. The molecular weight excluding hydrogens is 400 g/mol. The van der Waals surface area contributed by atoms with Gasteiger partial charge in [-0.15, -0.1) is 11.3 Å². The van der Waals surface area contributed by atoms with E-state index < -0.39 is 10.1 Å². The van der Waals surface area contributed by atoms with Crippen molar-refractivity contribution >= 4 is 27.1 Å². The standard InChI is InChI=1S/C14H15NO5S2.C5H5N/c1-15(10-3-2-4-12(5-10)22(16,17)18)6-11-7-19-13-8-21-9-14(13)20-11;1-2-4-6-5-3-1/h2-5,8-9,11H,6-7H2,1H3,(H,16,17,18);1-5H. The molecule has 0 saturated carbocycles. The molecule has 0 bridgehead atoms. The molecule has 0 spiro atoms. The molecule has 7 nitrogen and oxygen atoms in total. The molecule has 0 amide bonds. The lowest BCUT2D eigenvalue weighted by molar-refractivity contribution is 0.0975. The van der Waals surface area contributed by atoms with Gasteiger partial charge in [0.2, 0.25) is 0 Å². The van der Waals surface area contributed by atoms with E-state index >= 15 is 0 Å². The Morgan fingerprint density at radius 3 is 2.57 bits per heavy atom. The molecule has 28 heavy (non-hydrogen) atoms. The summed E-state index contributed by atoms with van der Waals surface area (Å²) in [5.74, 6) is 1.50. The van der Waals surface area contributed by atoms with Crippen molar-refractivity contribution in [3.8, 4) is 11.5 Å². The summed E-state index contributed by atoms with van der Waals surface area (Å²) >= 11 is 1.52. The lowest BCUT2D eigenvalue weighted by Crippen LogP contribution is -2.39. The van der Waals surface area contributed by atoms with Crippen molar-refractivity contribution in [3.63, 3.8) is 0 Å². The summed E-state index contributed by atoms with van der Waals surface area (Å²) < 4.78 is 43.0. The van der Waals surface area contributed by atoms with Crippen molar-refractivity contribution in [2.45, 2.75) is 11.0 Å². The summed E-state index contributed by atoms with van der Waals surface area (Å²) in [4.78, 5) is 5.52. The van der Waals surface area contributed by atoms with Gasteiger partial charge in [-0.05, 0) is 30.3 Å². The second-order valence-electron chi connectivity index (χ2n) is 6.03. The van der Waals surface area contributed by atoms with Crippen molar-refractivity contribution in [1.82, 2.24) is 4.98 Å². The largest absolute Gasteiger partial charge is 0.485 e. The number of aromatic nitrogens is 1. The Morgan fingerprint density at radius 2 is 1.93 bits per heavy atom. The third-order valence-corrected chi connectivity index (χ3v) is 5.46. The summed E-state index contributed by atoms with van der Waals surface area (Å²) in [6.07, 6.45) is 3.35. The number of nitrogens with zero attached hydrogens (tertiary/aromatic N) is 2. The van der Waals surface area contributed by atoms with Gasteiger partial charge in [0, 0.05) is 35.9 Å². The van der Waals surface area contributed by atoms with Crippen LogP contribution < -0.4 is 14.4 Å². The van der Waals surface area contributed by atoms with E-state index in [0.717, 1.165) is 11.5 Å². The first-order valence-electron chi connectivity index (χ1n) is 8.43. The second kappa shape index (κ2) is 9.05. The van der Waals surface area contributed by atoms with Gasteiger partial charge in [0.15, 0.2) is 17.6 Å². The lowest BCUT2D eigenvalue weighted by Gasteiger charge is -2.29. The number of benzene rings is 1. The van der Waals surface area contributed by atoms with E-state index in [9.17, 15) is 8.42 Å². The lowest BCUT2D eigenvalue weighted by atomic mass is 10.2. The van der Waals surface area contributed by atoms with E-state index in [1.807, 2.05) is 40.9 Å². The predicted octanol–water partition coefficient (Wildman–Crippen LogP) is 3.35. The highest BCUT2D eigenvalue weighted by atomic mass is 32.2. The highest BCUT2D eigenvalue weighted by Crippen LogP contribution is 2.35. The van der Waals surface area contributed by atoms with E-state index in [-0.39, 0.29) is 11.0 Å². The molecule has 1 unspecified atom stereocenters. The zero-order chi connectivity index (χ0) is 20.0. The first kappa shape index (κ1) is 20.1. The number of fused-ring (bicyclic) bond motifs is 1. The van der Waals surface area contributed by atoms with Crippen molar-refractivity contribution in [3.05, 3.63) is 65.6 Å². The predicted molar refractivity (Wildman–Crippen MR) is 108 cm³/mol. The fourth-order valence-corrected chi connectivity index (χ4v) is 3.75. The number of hydrogen-bond donors (Lipinski definition) is 1. The third-order valence-electron chi connectivity index (χ3n) is 3.91. The summed E-state index contributed by atoms with van der Waals surface area (Å²) in [6, 6.07) is 11.9. The van der Waals surface area contributed by atoms with E-state index in [0.29, 0.717) is 18.8 Å². The Morgan fingerprint density at radius 1 is 1.18 bits per heavy atom. The summed E-state index contributed by atoms with van der Waals surface area (Å²) in [5, 5.41) is 3.78. The van der Waals surface area contributed by atoms with Gasteiger partial charge in [-0.2, -0.15) is 8.42 Å². The maximum Gasteiger partial charge on any atom is 0.294 e. The Bertz CT molecular complexity index is 966. The van der Waals surface area contributed by atoms with Crippen LogP contribution in [0.1, 0.15) is 0 Å². The Hall–Kier alpha value is -2.62. The maximum atomic E-state index is 11.2.